The van der Waals surface area contributed by atoms with Crippen molar-refractivity contribution in [1.82, 2.24) is 10.4 Å². The van der Waals surface area contributed by atoms with Gasteiger partial charge in [0.2, 0.25) is 0 Å². The quantitative estimate of drug-likeness (QED) is 0.609. The Kier molecular flexibility index (Phi) is 2.98. The van der Waals surface area contributed by atoms with Gasteiger partial charge < -0.3 is 10.4 Å². The Morgan fingerprint density at radius 2 is 1.83 bits per heavy atom. The third kappa shape index (κ3) is 2.36. The van der Waals surface area contributed by atoms with Gasteiger partial charge in [0.05, 0.1) is 0 Å². The molecule has 1 aromatic heterocycles. The molecule has 2 aromatic carbocycles. The fraction of sp³-hybridized carbons (Fsp3) is 0.0667. The van der Waals surface area contributed by atoms with Gasteiger partial charge in [-0.2, -0.15) is 0 Å². The summed E-state index contributed by atoms with van der Waals surface area (Å²) >= 11 is 0. The average Bonchev–Trinajstić information content (AvgIpc) is 2.87. The number of rotatable bonds is 4. The van der Waals surface area contributed by atoms with Gasteiger partial charge in [0, 0.05) is 23.9 Å². The van der Waals surface area contributed by atoms with Gasteiger partial charge in [0.1, 0.15) is 0 Å². The normalized spacial score (nSPS) is 10.7. The molecule has 90 valence electrons. The van der Waals surface area contributed by atoms with Gasteiger partial charge in [-0.15, -0.1) is 0 Å². The Hall–Kier alpha value is -2.26. The summed E-state index contributed by atoms with van der Waals surface area (Å²) in [5.74, 6) is 0. The number of nitrogens with one attached hydrogen (secondary N) is 3. The molecular weight excluding hydrogens is 222 g/mol. The van der Waals surface area contributed by atoms with E-state index in [0.29, 0.717) is 0 Å². The topological polar surface area (TPSA) is 39.8 Å². The van der Waals surface area contributed by atoms with Crippen molar-refractivity contribution < 1.29 is 0 Å². The summed E-state index contributed by atoms with van der Waals surface area (Å²) in [7, 11) is 0. The highest BCUT2D eigenvalue weighted by Gasteiger charge is 1.97. The molecule has 0 saturated carbocycles. The Bertz CT molecular complexity index is 628. The molecule has 0 saturated heterocycles. The number of anilines is 1. The third-order valence-electron chi connectivity index (χ3n) is 2.92. The van der Waals surface area contributed by atoms with E-state index in [0.717, 1.165) is 12.2 Å². The van der Waals surface area contributed by atoms with Crippen molar-refractivity contribution >= 4 is 16.6 Å². The molecule has 0 atom stereocenters. The number of fused-ring (bicyclic) bond motifs is 1. The predicted molar refractivity (Wildman–Crippen MR) is 75.2 cm³/mol. The summed E-state index contributed by atoms with van der Waals surface area (Å²) < 4.78 is 0. The molecule has 1 heterocycles. The van der Waals surface area contributed by atoms with Gasteiger partial charge in [-0.1, -0.05) is 30.3 Å². The molecule has 3 nitrogen and oxygen atoms in total. The molecule has 0 unspecified atom stereocenters. The Morgan fingerprint density at radius 3 is 2.72 bits per heavy atom. The van der Waals surface area contributed by atoms with Gasteiger partial charge in [0.15, 0.2) is 0 Å². The average molecular weight is 237 g/mol. The molecule has 0 amide bonds. The van der Waals surface area contributed by atoms with Crippen LogP contribution in [-0.4, -0.2) is 4.98 Å². The number of H-pyrrole nitrogens is 1. The number of aromatic amines is 1. The Balaban J connectivity index is 1.62. The minimum atomic E-state index is 0.782. The molecule has 3 N–H and O–H groups in total. The number of hydrazine groups is 1. The Morgan fingerprint density at radius 1 is 0.944 bits per heavy atom. The first-order chi connectivity index (χ1) is 8.92. The van der Waals surface area contributed by atoms with Crippen molar-refractivity contribution in [2.24, 2.45) is 0 Å². The number of benzene rings is 2. The fourth-order valence-corrected chi connectivity index (χ4v) is 1.97. The van der Waals surface area contributed by atoms with Crippen molar-refractivity contribution in [2.75, 3.05) is 5.43 Å². The van der Waals surface area contributed by atoms with Crippen molar-refractivity contribution in [3.63, 3.8) is 0 Å². The minimum absolute atomic E-state index is 0.782. The molecule has 3 rings (SSSR count). The zero-order valence-electron chi connectivity index (χ0n) is 9.98. The van der Waals surface area contributed by atoms with Gasteiger partial charge in [0.25, 0.3) is 0 Å². The molecule has 0 aliphatic rings. The lowest BCUT2D eigenvalue weighted by Crippen LogP contribution is -2.20. The predicted octanol–water partition coefficient (Wildman–Crippen LogP) is 3.28. The maximum absolute atomic E-state index is 3.22. The molecule has 18 heavy (non-hydrogen) atoms. The van der Waals surface area contributed by atoms with E-state index < -0.39 is 0 Å². The van der Waals surface area contributed by atoms with Crippen LogP contribution < -0.4 is 10.9 Å². The van der Waals surface area contributed by atoms with Crippen LogP contribution in [0.15, 0.2) is 60.8 Å². The molecular formula is C15H15N3. The number of aromatic nitrogens is 1. The summed E-state index contributed by atoms with van der Waals surface area (Å²) in [6.07, 6.45) is 1.96. The Labute approximate surface area is 106 Å². The van der Waals surface area contributed by atoms with Gasteiger partial charge >= 0.3 is 0 Å². The van der Waals surface area contributed by atoms with E-state index in [9.17, 15) is 0 Å². The van der Waals surface area contributed by atoms with Crippen LogP contribution in [0.3, 0.4) is 0 Å². The van der Waals surface area contributed by atoms with Crippen LogP contribution in [0.4, 0.5) is 5.69 Å². The second kappa shape index (κ2) is 4.94. The molecule has 0 aliphatic carbocycles. The molecule has 3 aromatic rings. The molecule has 3 heteroatoms. The van der Waals surface area contributed by atoms with E-state index in [4.69, 9.17) is 0 Å². The number of para-hydroxylation sites is 1. The van der Waals surface area contributed by atoms with Gasteiger partial charge in [-0.05, 0) is 35.2 Å². The van der Waals surface area contributed by atoms with Crippen LogP contribution >= 0.6 is 0 Å². The highest BCUT2D eigenvalue weighted by molar-refractivity contribution is 5.79. The largest absolute Gasteiger partial charge is 0.361 e. The summed E-state index contributed by atoms with van der Waals surface area (Å²) in [5.41, 5.74) is 9.87. The van der Waals surface area contributed by atoms with Crippen LogP contribution in [-0.2, 0) is 6.54 Å². The standard InChI is InChI=1S/C15H15N3/c1-2-4-14(5-3-1)18-17-11-12-6-7-13-8-9-16-15(13)10-12/h1-10,16-18H,11H2. The highest BCUT2D eigenvalue weighted by Crippen LogP contribution is 2.14. The zero-order chi connectivity index (χ0) is 12.2. The fourth-order valence-electron chi connectivity index (χ4n) is 1.97. The summed E-state index contributed by atoms with van der Waals surface area (Å²) in [4.78, 5) is 3.22. The molecule has 0 bridgehead atoms. The van der Waals surface area contributed by atoms with Crippen LogP contribution in [0.25, 0.3) is 10.9 Å². The SMILES string of the molecule is c1ccc(NNCc2ccc3cc[nH]c3c2)cc1. The second-order valence-electron chi connectivity index (χ2n) is 4.24. The van der Waals surface area contributed by atoms with Crippen LogP contribution in [0.1, 0.15) is 5.56 Å². The van der Waals surface area contributed by atoms with E-state index >= 15 is 0 Å². The lowest BCUT2D eigenvalue weighted by molar-refractivity contribution is 0.802. The van der Waals surface area contributed by atoms with Crippen LogP contribution in [0.2, 0.25) is 0 Å². The maximum atomic E-state index is 3.22. The van der Waals surface area contributed by atoms with Crippen LogP contribution in [0, 0.1) is 0 Å². The van der Waals surface area contributed by atoms with Crippen molar-refractivity contribution in [1.29, 1.82) is 0 Å². The lowest BCUT2D eigenvalue weighted by atomic mass is 10.2. The minimum Gasteiger partial charge on any atom is -0.361 e. The first-order valence-electron chi connectivity index (χ1n) is 6.02. The summed E-state index contributed by atoms with van der Waals surface area (Å²) in [6, 6.07) is 18.6. The molecule has 0 aliphatic heterocycles. The van der Waals surface area contributed by atoms with Crippen molar-refractivity contribution in [2.45, 2.75) is 6.54 Å². The molecule has 0 fully saturated rings. The number of hydrogen-bond acceptors (Lipinski definition) is 2. The maximum Gasteiger partial charge on any atom is 0.0487 e. The van der Waals surface area contributed by atoms with Crippen molar-refractivity contribution in [3.05, 3.63) is 66.4 Å². The van der Waals surface area contributed by atoms with E-state index in [1.807, 2.05) is 36.5 Å². The van der Waals surface area contributed by atoms with Gasteiger partial charge in [-0.3, -0.25) is 0 Å². The lowest BCUT2D eigenvalue weighted by Gasteiger charge is -2.08. The molecule has 0 spiro atoms. The van der Waals surface area contributed by atoms with Crippen LogP contribution in [0.5, 0.6) is 0 Å². The van der Waals surface area contributed by atoms with E-state index in [2.05, 4.69) is 40.1 Å². The first-order valence-corrected chi connectivity index (χ1v) is 6.02. The number of hydrogen-bond donors (Lipinski definition) is 3. The third-order valence-corrected chi connectivity index (χ3v) is 2.92. The first kappa shape index (κ1) is 10.9. The van der Waals surface area contributed by atoms with Crippen molar-refractivity contribution in [3.8, 4) is 0 Å². The highest BCUT2D eigenvalue weighted by atomic mass is 15.3. The van der Waals surface area contributed by atoms with Gasteiger partial charge in [-0.25, -0.2) is 5.43 Å². The van der Waals surface area contributed by atoms with E-state index in [-0.39, 0.29) is 0 Å². The summed E-state index contributed by atoms with van der Waals surface area (Å²) in [6.45, 7) is 0.782. The van der Waals surface area contributed by atoms with E-state index in [1.54, 1.807) is 0 Å². The molecule has 0 radical (unpaired) electrons. The zero-order valence-corrected chi connectivity index (χ0v) is 9.98. The van der Waals surface area contributed by atoms with E-state index in [1.165, 1.54) is 16.5 Å². The second-order valence-corrected chi connectivity index (χ2v) is 4.24. The smallest absolute Gasteiger partial charge is 0.0487 e. The monoisotopic (exact) mass is 237 g/mol. The summed E-state index contributed by atoms with van der Waals surface area (Å²) in [5, 5.41) is 1.25.